The highest BCUT2D eigenvalue weighted by Crippen LogP contribution is 2.20. The van der Waals surface area contributed by atoms with Crippen molar-refractivity contribution in [2.45, 2.75) is 13.5 Å². The first-order valence-corrected chi connectivity index (χ1v) is 6.76. The molecule has 112 valence electrons. The summed E-state index contributed by atoms with van der Waals surface area (Å²) in [4.78, 5) is 12.0. The number of halogens is 2. The Morgan fingerprint density at radius 3 is 2.59 bits per heavy atom. The minimum atomic E-state index is -0.694. The van der Waals surface area contributed by atoms with Gasteiger partial charge in [-0.05, 0) is 36.8 Å². The van der Waals surface area contributed by atoms with Crippen molar-refractivity contribution in [1.29, 1.82) is 0 Å². The Kier molecular flexibility index (Phi) is 3.63. The van der Waals surface area contributed by atoms with Crippen LogP contribution in [0.25, 0.3) is 11.0 Å². The van der Waals surface area contributed by atoms with Gasteiger partial charge in [0.15, 0.2) is 5.76 Å². The zero-order chi connectivity index (χ0) is 15.7. The topological polar surface area (TPSA) is 42.2 Å². The van der Waals surface area contributed by atoms with Gasteiger partial charge in [-0.1, -0.05) is 18.2 Å². The molecule has 2 aromatic carbocycles. The van der Waals surface area contributed by atoms with Crippen molar-refractivity contribution in [1.82, 2.24) is 5.32 Å². The van der Waals surface area contributed by atoms with Crippen molar-refractivity contribution in [2.24, 2.45) is 0 Å². The number of amides is 1. The molecule has 0 atom stereocenters. The lowest BCUT2D eigenvalue weighted by molar-refractivity contribution is 0.0924. The van der Waals surface area contributed by atoms with Crippen LogP contribution in [-0.4, -0.2) is 5.91 Å². The monoisotopic (exact) mass is 301 g/mol. The van der Waals surface area contributed by atoms with Crippen LogP contribution < -0.4 is 5.32 Å². The van der Waals surface area contributed by atoms with Gasteiger partial charge in [0.2, 0.25) is 0 Å². The molecule has 0 unspecified atom stereocenters. The maximum absolute atomic E-state index is 13.5. The summed E-state index contributed by atoms with van der Waals surface area (Å²) in [5.74, 6) is -1.80. The van der Waals surface area contributed by atoms with Gasteiger partial charge in [0.05, 0.1) is 0 Å². The minimum Gasteiger partial charge on any atom is -0.451 e. The molecule has 0 aliphatic rings. The number of furan rings is 1. The first-order chi connectivity index (χ1) is 10.5. The van der Waals surface area contributed by atoms with Crippen molar-refractivity contribution < 1.29 is 18.0 Å². The van der Waals surface area contributed by atoms with Gasteiger partial charge in [0.1, 0.15) is 17.2 Å². The van der Waals surface area contributed by atoms with E-state index in [0.29, 0.717) is 5.58 Å². The maximum atomic E-state index is 13.5. The van der Waals surface area contributed by atoms with E-state index in [0.717, 1.165) is 23.1 Å². The Labute approximate surface area is 125 Å². The standard InChI is InChI=1S/C17H13F2NO2/c1-10-5-6-11-8-16(22-15(11)7-10)17(21)20-9-12-13(18)3-2-4-14(12)19/h2-8H,9H2,1H3,(H,20,21). The van der Waals surface area contributed by atoms with Crippen molar-refractivity contribution in [2.75, 3.05) is 0 Å². The van der Waals surface area contributed by atoms with Crippen LogP contribution in [0.2, 0.25) is 0 Å². The van der Waals surface area contributed by atoms with Gasteiger partial charge in [-0.2, -0.15) is 0 Å². The summed E-state index contributed by atoms with van der Waals surface area (Å²) in [5, 5.41) is 3.26. The molecule has 0 radical (unpaired) electrons. The fourth-order valence-corrected chi connectivity index (χ4v) is 2.21. The number of nitrogens with one attached hydrogen (secondary N) is 1. The number of aryl methyl sites for hydroxylation is 1. The van der Waals surface area contributed by atoms with Gasteiger partial charge in [-0.3, -0.25) is 4.79 Å². The summed E-state index contributed by atoms with van der Waals surface area (Å²) in [6, 6.07) is 10.8. The summed E-state index contributed by atoms with van der Waals surface area (Å²) in [5.41, 5.74) is 1.44. The number of hydrogen-bond donors (Lipinski definition) is 1. The molecule has 0 aliphatic carbocycles. The highest BCUT2D eigenvalue weighted by Gasteiger charge is 2.14. The van der Waals surface area contributed by atoms with E-state index < -0.39 is 17.5 Å². The minimum absolute atomic E-state index is 0.109. The van der Waals surface area contributed by atoms with E-state index in [-0.39, 0.29) is 17.9 Å². The van der Waals surface area contributed by atoms with Crippen LogP contribution in [0, 0.1) is 18.6 Å². The Bertz CT molecular complexity index is 835. The zero-order valence-corrected chi connectivity index (χ0v) is 11.8. The van der Waals surface area contributed by atoms with E-state index in [2.05, 4.69) is 5.32 Å². The second kappa shape index (κ2) is 5.60. The summed E-state index contributed by atoms with van der Waals surface area (Å²) < 4.78 is 32.5. The molecule has 0 saturated carbocycles. The molecule has 5 heteroatoms. The van der Waals surface area contributed by atoms with E-state index in [1.165, 1.54) is 6.07 Å². The molecule has 0 aliphatic heterocycles. The molecular formula is C17H13F2NO2. The van der Waals surface area contributed by atoms with E-state index in [9.17, 15) is 13.6 Å². The van der Waals surface area contributed by atoms with Crippen molar-refractivity contribution in [3.8, 4) is 0 Å². The smallest absolute Gasteiger partial charge is 0.287 e. The average Bonchev–Trinajstić information content (AvgIpc) is 2.89. The van der Waals surface area contributed by atoms with Crippen molar-refractivity contribution in [3.05, 3.63) is 71.0 Å². The number of carbonyl (C=O) groups is 1. The van der Waals surface area contributed by atoms with Crippen LogP contribution in [0.15, 0.2) is 46.9 Å². The molecule has 1 amide bonds. The molecular weight excluding hydrogens is 288 g/mol. The summed E-state index contributed by atoms with van der Waals surface area (Å²) >= 11 is 0. The number of hydrogen-bond acceptors (Lipinski definition) is 2. The van der Waals surface area contributed by atoms with E-state index >= 15 is 0 Å². The van der Waals surface area contributed by atoms with Crippen LogP contribution >= 0.6 is 0 Å². The average molecular weight is 301 g/mol. The van der Waals surface area contributed by atoms with Crippen molar-refractivity contribution in [3.63, 3.8) is 0 Å². The van der Waals surface area contributed by atoms with E-state index in [4.69, 9.17) is 4.42 Å². The largest absolute Gasteiger partial charge is 0.451 e. The van der Waals surface area contributed by atoms with Gasteiger partial charge in [0.25, 0.3) is 5.91 Å². The quantitative estimate of drug-likeness (QED) is 0.796. The molecule has 3 nitrogen and oxygen atoms in total. The van der Waals surface area contributed by atoms with Gasteiger partial charge >= 0.3 is 0 Å². The number of fused-ring (bicyclic) bond motifs is 1. The zero-order valence-electron chi connectivity index (χ0n) is 11.8. The first kappa shape index (κ1) is 14.3. The van der Waals surface area contributed by atoms with Gasteiger partial charge in [0, 0.05) is 17.5 Å². The molecule has 3 rings (SSSR count). The van der Waals surface area contributed by atoms with Crippen LogP contribution in [0.1, 0.15) is 21.7 Å². The van der Waals surface area contributed by atoms with Crippen LogP contribution in [0.3, 0.4) is 0 Å². The van der Waals surface area contributed by atoms with Gasteiger partial charge in [-0.15, -0.1) is 0 Å². The van der Waals surface area contributed by atoms with E-state index in [1.807, 2.05) is 25.1 Å². The predicted molar refractivity (Wildman–Crippen MR) is 78.5 cm³/mol. The van der Waals surface area contributed by atoms with Gasteiger partial charge < -0.3 is 9.73 Å². The van der Waals surface area contributed by atoms with Crippen LogP contribution in [0.4, 0.5) is 8.78 Å². The highest BCUT2D eigenvalue weighted by atomic mass is 19.1. The molecule has 22 heavy (non-hydrogen) atoms. The lowest BCUT2D eigenvalue weighted by atomic mass is 10.2. The highest BCUT2D eigenvalue weighted by molar-refractivity contribution is 5.96. The second-order valence-electron chi connectivity index (χ2n) is 5.03. The third-order valence-corrected chi connectivity index (χ3v) is 3.39. The molecule has 3 aromatic rings. The molecule has 0 spiro atoms. The number of benzene rings is 2. The SMILES string of the molecule is Cc1ccc2cc(C(=O)NCc3c(F)cccc3F)oc2c1. The Morgan fingerprint density at radius 1 is 1.14 bits per heavy atom. The summed E-state index contributed by atoms with van der Waals surface area (Å²) in [6.45, 7) is 1.68. The summed E-state index contributed by atoms with van der Waals surface area (Å²) in [6.07, 6.45) is 0. The molecule has 0 fully saturated rings. The molecule has 1 aromatic heterocycles. The summed E-state index contributed by atoms with van der Waals surface area (Å²) in [7, 11) is 0. The maximum Gasteiger partial charge on any atom is 0.287 e. The predicted octanol–water partition coefficient (Wildman–Crippen LogP) is 3.95. The lowest BCUT2D eigenvalue weighted by Gasteiger charge is -2.05. The lowest BCUT2D eigenvalue weighted by Crippen LogP contribution is -2.23. The van der Waals surface area contributed by atoms with Crippen LogP contribution in [0.5, 0.6) is 0 Å². The van der Waals surface area contributed by atoms with E-state index in [1.54, 1.807) is 6.07 Å². The molecule has 1 heterocycles. The normalized spacial score (nSPS) is 10.9. The number of rotatable bonds is 3. The second-order valence-corrected chi connectivity index (χ2v) is 5.03. The molecule has 1 N–H and O–H groups in total. The third kappa shape index (κ3) is 2.70. The first-order valence-electron chi connectivity index (χ1n) is 6.76. The Balaban J connectivity index is 1.79. The molecule has 0 bridgehead atoms. The van der Waals surface area contributed by atoms with Crippen LogP contribution in [-0.2, 0) is 6.54 Å². The Morgan fingerprint density at radius 2 is 1.86 bits per heavy atom. The third-order valence-electron chi connectivity index (χ3n) is 3.39. The number of carbonyl (C=O) groups excluding carboxylic acids is 1. The van der Waals surface area contributed by atoms with Crippen molar-refractivity contribution >= 4 is 16.9 Å². The fraction of sp³-hybridized carbons (Fsp3) is 0.118. The van der Waals surface area contributed by atoms with Gasteiger partial charge in [-0.25, -0.2) is 8.78 Å². The fourth-order valence-electron chi connectivity index (χ4n) is 2.21. The molecule has 0 saturated heterocycles. The Hall–Kier alpha value is -2.69.